The van der Waals surface area contributed by atoms with Gasteiger partial charge in [0.1, 0.15) is 11.9 Å². The molecule has 2 aromatic rings. The minimum absolute atomic E-state index is 0.283. The van der Waals surface area contributed by atoms with Crippen LogP contribution in [0.15, 0.2) is 36.4 Å². The summed E-state index contributed by atoms with van der Waals surface area (Å²) >= 11 is 0. The highest BCUT2D eigenvalue weighted by atomic mass is 15.2. The van der Waals surface area contributed by atoms with E-state index in [4.69, 9.17) is 11.0 Å². The summed E-state index contributed by atoms with van der Waals surface area (Å²) in [5.41, 5.74) is 8.93. The molecule has 0 aliphatic rings. The average Bonchev–Trinajstić information content (AvgIpc) is 2.47. The zero-order chi connectivity index (χ0) is 14.5. The third-order valence-electron chi connectivity index (χ3n) is 3.35. The Morgan fingerprint density at radius 3 is 2.65 bits per heavy atom. The Bertz CT molecular complexity index is 643. The molecule has 0 fully saturated rings. The van der Waals surface area contributed by atoms with Gasteiger partial charge < -0.3 is 10.6 Å². The van der Waals surface area contributed by atoms with Crippen LogP contribution in [0.3, 0.4) is 0 Å². The fourth-order valence-electron chi connectivity index (χ4n) is 2.07. The predicted molar refractivity (Wildman–Crippen MR) is 81.3 cm³/mol. The summed E-state index contributed by atoms with van der Waals surface area (Å²) in [6, 6.07) is 13.9. The lowest BCUT2D eigenvalue weighted by Crippen LogP contribution is -2.23. The summed E-state index contributed by atoms with van der Waals surface area (Å²) in [7, 11) is 0. The molecule has 2 rings (SSSR count). The summed E-state index contributed by atoms with van der Waals surface area (Å²) in [6.45, 7) is 5.75. The number of nitriles is 1. The average molecular weight is 266 g/mol. The molecule has 4 nitrogen and oxygen atoms in total. The second-order valence-corrected chi connectivity index (χ2v) is 4.66. The van der Waals surface area contributed by atoms with Crippen LogP contribution >= 0.6 is 0 Å². The Kier molecular flexibility index (Phi) is 4.21. The van der Waals surface area contributed by atoms with Gasteiger partial charge in [0.2, 0.25) is 0 Å². The Hall–Kier alpha value is -2.54. The molecule has 4 heteroatoms. The first-order chi connectivity index (χ1) is 9.65. The lowest BCUT2D eigenvalue weighted by molar-refractivity contribution is 0.809. The fourth-order valence-corrected chi connectivity index (χ4v) is 2.07. The summed E-state index contributed by atoms with van der Waals surface area (Å²) in [4.78, 5) is 6.46. The van der Waals surface area contributed by atoms with E-state index in [2.05, 4.69) is 35.9 Å². The van der Waals surface area contributed by atoms with Crippen LogP contribution < -0.4 is 10.6 Å². The third kappa shape index (κ3) is 2.89. The smallest absolute Gasteiger partial charge is 0.165 e. The lowest BCUT2D eigenvalue weighted by Gasteiger charge is -2.23. The molecular weight excluding hydrogens is 248 g/mol. The van der Waals surface area contributed by atoms with Crippen LogP contribution in [-0.4, -0.2) is 11.5 Å². The van der Waals surface area contributed by atoms with E-state index in [-0.39, 0.29) is 5.69 Å². The normalized spacial score (nSPS) is 10.1. The van der Waals surface area contributed by atoms with E-state index >= 15 is 0 Å². The number of aryl methyl sites for hydroxylation is 1. The van der Waals surface area contributed by atoms with Gasteiger partial charge in [0.05, 0.1) is 5.69 Å². The number of rotatable bonds is 4. The molecule has 0 amide bonds. The second-order valence-electron chi connectivity index (χ2n) is 4.66. The number of benzene rings is 1. The molecule has 0 saturated carbocycles. The van der Waals surface area contributed by atoms with Gasteiger partial charge in [0.15, 0.2) is 5.69 Å². The fraction of sp³-hybridized carbons (Fsp3) is 0.250. The maximum absolute atomic E-state index is 9.02. The standard InChI is InChI=1S/C16H18N4/c1-3-20(11-13-7-5-4-6-12(13)2)16-9-8-14(18)15(10-17)19-16/h4-9H,3,11,18H2,1-2H3. The van der Waals surface area contributed by atoms with Crippen LogP contribution in [0.1, 0.15) is 23.7 Å². The van der Waals surface area contributed by atoms with E-state index in [0.717, 1.165) is 18.9 Å². The second kappa shape index (κ2) is 6.07. The zero-order valence-corrected chi connectivity index (χ0v) is 11.8. The molecule has 0 spiro atoms. The number of aromatic nitrogens is 1. The molecule has 20 heavy (non-hydrogen) atoms. The zero-order valence-electron chi connectivity index (χ0n) is 11.8. The van der Waals surface area contributed by atoms with Crippen LogP contribution in [-0.2, 0) is 6.54 Å². The Morgan fingerprint density at radius 2 is 2.00 bits per heavy atom. The molecular formula is C16H18N4. The molecule has 1 aromatic heterocycles. The first-order valence-electron chi connectivity index (χ1n) is 6.61. The predicted octanol–water partition coefficient (Wildman–Crippen LogP) is 2.87. The van der Waals surface area contributed by atoms with Crippen LogP contribution in [0.4, 0.5) is 11.5 Å². The molecule has 0 bridgehead atoms. The largest absolute Gasteiger partial charge is 0.396 e. The van der Waals surface area contributed by atoms with Gasteiger partial charge in [-0.05, 0) is 37.1 Å². The molecule has 0 radical (unpaired) electrons. The monoisotopic (exact) mass is 266 g/mol. The van der Waals surface area contributed by atoms with Crippen molar-refractivity contribution in [3.63, 3.8) is 0 Å². The van der Waals surface area contributed by atoms with E-state index in [9.17, 15) is 0 Å². The van der Waals surface area contributed by atoms with E-state index in [1.807, 2.05) is 24.3 Å². The van der Waals surface area contributed by atoms with Crippen LogP contribution in [0, 0.1) is 18.3 Å². The molecule has 0 atom stereocenters. The van der Waals surface area contributed by atoms with E-state index < -0.39 is 0 Å². The van der Waals surface area contributed by atoms with Gasteiger partial charge in [-0.3, -0.25) is 0 Å². The number of hydrogen-bond acceptors (Lipinski definition) is 4. The van der Waals surface area contributed by atoms with Crippen molar-refractivity contribution in [2.45, 2.75) is 20.4 Å². The van der Waals surface area contributed by atoms with Gasteiger partial charge in [-0.15, -0.1) is 0 Å². The van der Waals surface area contributed by atoms with Gasteiger partial charge in [-0.1, -0.05) is 24.3 Å². The van der Waals surface area contributed by atoms with E-state index in [1.165, 1.54) is 11.1 Å². The molecule has 102 valence electrons. The third-order valence-corrected chi connectivity index (χ3v) is 3.35. The molecule has 0 saturated heterocycles. The van der Waals surface area contributed by atoms with Crippen LogP contribution in [0.2, 0.25) is 0 Å². The van der Waals surface area contributed by atoms with Crippen molar-refractivity contribution in [3.05, 3.63) is 53.2 Å². The minimum atomic E-state index is 0.283. The molecule has 1 aromatic carbocycles. The summed E-state index contributed by atoms with van der Waals surface area (Å²) < 4.78 is 0. The number of hydrogen-bond donors (Lipinski definition) is 1. The van der Waals surface area contributed by atoms with Gasteiger partial charge in [0.25, 0.3) is 0 Å². The number of pyridine rings is 1. The van der Waals surface area contributed by atoms with Crippen molar-refractivity contribution >= 4 is 11.5 Å². The van der Waals surface area contributed by atoms with Crippen molar-refractivity contribution in [1.82, 2.24) is 4.98 Å². The molecule has 0 aliphatic carbocycles. The van der Waals surface area contributed by atoms with Gasteiger partial charge in [0, 0.05) is 13.1 Å². The number of nitrogens with two attached hydrogens (primary N) is 1. The number of anilines is 2. The number of nitrogen functional groups attached to an aromatic ring is 1. The van der Waals surface area contributed by atoms with Gasteiger partial charge in [-0.2, -0.15) is 5.26 Å². The first-order valence-corrected chi connectivity index (χ1v) is 6.61. The Balaban J connectivity index is 2.29. The molecule has 0 aliphatic heterocycles. The van der Waals surface area contributed by atoms with Crippen molar-refractivity contribution in [3.8, 4) is 6.07 Å². The van der Waals surface area contributed by atoms with E-state index in [0.29, 0.717) is 5.69 Å². The Labute approximate surface area is 119 Å². The highest BCUT2D eigenvalue weighted by Gasteiger charge is 2.10. The SMILES string of the molecule is CCN(Cc1ccccc1C)c1ccc(N)c(C#N)n1. The topological polar surface area (TPSA) is 65.9 Å². The number of nitrogens with zero attached hydrogens (tertiary/aromatic N) is 3. The van der Waals surface area contributed by atoms with Crippen molar-refractivity contribution in [1.29, 1.82) is 5.26 Å². The maximum Gasteiger partial charge on any atom is 0.165 e. The minimum Gasteiger partial charge on any atom is -0.396 e. The summed E-state index contributed by atoms with van der Waals surface area (Å²) in [5, 5.41) is 9.02. The van der Waals surface area contributed by atoms with Gasteiger partial charge in [-0.25, -0.2) is 4.98 Å². The highest BCUT2D eigenvalue weighted by Crippen LogP contribution is 2.19. The molecule has 0 unspecified atom stereocenters. The van der Waals surface area contributed by atoms with Crippen LogP contribution in [0.5, 0.6) is 0 Å². The van der Waals surface area contributed by atoms with Crippen LogP contribution in [0.25, 0.3) is 0 Å². The quantitative estimate of drug-likeness (QED) is 0.924. The Morgan fingerprint density at radius 1 is 1.25 bits per heavy atom. The first kappa shape index (κ1) is 13.9. The van der Waals surface area contributed by atoms with Gasteiger partial charge >= 0.3 is 0 Å². The lowest BCUT2D eigenvalue weighted by atomic mass is 10.1. The highest BCUT2D eigenvalue weighted by molar-refractivity contribution is 5.55. The van der Waals surface area contributed by atoms with Crippen molar-refractivity contribution in [2.24, 2.45) is 0 Å². The molecule has 2 N–H and O–H groups in total. The summed E-state index contributed by atoms with van der Waals surface area (Å²) in [6.07, 6.45) is 0. The van der Waals surface area contributed by atoms with E-state index in [1.54, 1.807) is 6.07 Å². The maximum atomic E-state index is 9.02. The molecule has 1 heterocycles. The van der Waals surface area contributed by atoms with Crippen molar-refractivity contribution < 1.29 is 0 Å². The van der Waals surface area contributed by atoms with Crippen molar-refractivity contribution in [2.75, 3.05) is 17.2 Å². The summed E-state index contributed by atoms with van der Waals surface area (Å²) in [5.74, 6) is 0.779.